The topological polar surface area (TPSA) is 57.4 Å². The standard InChI is InChI=1S/C15H18N2O2/c16-14-1-2-15(13-9-17-6-3-12(13)14)19-10-11-4-7-18-8-5-11/h1-3,6,9,11H,4-5,7-8,10,16H2. The van der Waals surface area contributed by atoms with Gasteiger partial charge in [-0.2, -0.15) is 0 Å². The van der Waals surface area contributed by atoms with E-state index in [4.69, 9.17) is 15.2 Å². The van der Waals surface area contributed by atoms with Crippen molar-refractivity contribution < 1.29 is 9.47 Å². The average molecular weight is 258 g/mol. The van der Waals surface area contributed by atoms with E-state index >= 15 is 0 Å². The molecule has 0 atom stereocenters. The lowest BCUT2D eigenvalue weighted by Crippen LogP contribution is -2.21. The Bertz CT molecular complexity index is 565. The highest BCUT2D eigenvalue weighted by Gasteiger charge is 2.15. The molecule has 1 saturated heterocycles. The molecule has 1 aromatic carbocycles. The van der Waals surface area contributed by atoms with E-state index in [2.05, 4.69) is 4.98 Å². The maximum absolute atomic E-state index is 5.96. The van der Waals surface area contributed by atoms with Gasteiger partial charge in [-0.3, -0.25) is 4.98 Å². The maximum atomic E-state index is 5.96. The minimum atomic E-state index is 0.582. The van der Waals surface area contributed by atoms with Gasteiger partial charge in [0.05, 0.1) is 6.61 Å². The predicted octanol–water partition coefficient (Wildman–Crippen LogP) is 2.62. The maximum Gasteiger partial charge on any atom is 0.128 e. The molecule has 19 heavy (non-hydrogen) atoms. The molecule has 3 rings (SSSR count). The summed E-state index contributed by atoms with van der Waals surface area (Å²) < 4.78 is 11.3. The van der Waals surface area contributed by atoms with Crippen LogP contribution in [0.3, 0.4) is 0 Å². The number of nitrogen functional groups attached to an aromatic ring is 1. The van der Waals surface area contributed by atoms with Gasteiger partial charge in [0.1, 0.15) is 5.75 Å². The second-order valence-corrected chi connectivity index (χ2v) is 4.94. The summed E-state index contributed by atoms with van der Waals surface area (Å²) in [6.45, 7) is 2.42. The number of aromatic nitrogens is 1. The molecule has 0 amide bonds. The number of nitrogens with two attached hydrogens (primary N) is 1. The van der Waals surface area contributed by atoms with Gasteiger partial charge in [-0.25, -0.2) is 0 Å². The van der Waals surface area contributed by atoms with Gasteiger partial charge in [-0.15, -0.1) is 0 Å². The van der Waals surface area contributed by atoms with Crippen LogP contribution in [0.2, 0.25) is 0 Å². The van der Waals surface area contributed by atoms with Crippen LogP contribution in [-0.4, -0.2) is 24.8 Å². The van der Waals surface area contributed by atoms with Crippen LogP contribution in [0.4, 0.5) is 5.69 Å². The fourth-order valence-corrected chi connectivity index (χ4v) is 2.43. The lowest BCUT2D eigenvalue weighted by Gasteiger charge is -2.22. The second-order valence-electron chi connectivity index (χ2n) is 4.94. The molecule has 2 N–H and O–H groups in total. The molecule has 0 spiro atoms. The third kappa shape index (κ3) is 2.63. The van der Waals surface area contributed by atoms with Crippen LogP contribution in [0.15, 0.2) is 30.6 Å². The van der Waals surface area contributed by atoms with Crippen molar-refractivity contribution in [2.45, 2.75) is 12.8 Å². The summed E-state index contributed by atoms with van der Waals surface area (Å²) in [6, 6.07) is 5.74. The third-order valence-electron chi connectivity index (χ3n) is 3.63. The molecular weight excluding hydrogens is 240 g/mol. The second kappa shape index (κ2) is 5.45. The van der Waals surface area contributed by atoms with Crippen LogP contribution in [0.1, 0.15) is 12.8 Å². The van der Waals surface area contributed by atoms with Gasteiger partial charge in [0.15, 0.2) is 0 Å². The van der Waals surface area contributed by atoms with E-state index in [0.29, 0.717) is 5.92 Å². The smallest absolute Gasteiger partial charge is 0.128 e. The third-order valence-corrected chi connectivity index (χ3v) is 3.63. The Morgan fingerprint density at radius 2 is 2.05 bits per heavy atom. The molecule has 0 saturated carbocycles. The molecular formula is C15H18N2O2. The molecule has 1 fully saturated rings. The van der Waals surface area contributed by atoms with Crippen molar-refractivity contribution in [2.24, 2.45) is 5.92 Å². The molecule has 0 unspecified atom stereocenters. The first-order chi connectivity index (χ1) is 9.34. The summed E-state index contributed by atoms with van der Waals surface area (Å²) in [5.74, 6) is 1.45. The molecule has 2 aromatic rings. The van der Waals surface area contributed by atoms with Gasteiger partial charge in [-0.1, -0.05) is 0 Å². The average Bonchev–Trinajstić information content (AvgIpc) is 2.48. The van der Waals surface area contributed by atoms with Crippen molar-refractivity contribution in [1.29, 1.82) is 0 Å². The summed E-state index contributed by atoms with van der Waals surface area (Å²) >= 11 is 0. The number of nitrogens with zero attached hydrogens (tertiary/aromatic N) is 1. The van der Waals surface area contributed by atoms with Crippen molar-refractivity contribution in [3.63, 3.8) is 0 Å². The molecule has 0 bridgehead atoms. The van der Waals surface area contributed by atoms with Crippen molar-refractivity contribution in [1.82, 2.24) is 4.98 Å². The van der Waals surface area contributed by atoms with Crippen molar-refractivity contribution in [3.8, 4) is 5.75 Å². The van der Waals surface area contributed by atoms with Crippen molar-refractivity contribution in [2.75, 3.05) is 25.6 Å². The van der Waals surface area contributed by atoms with Gasteiger partial charge in [0.2, 0.25) is 0 Å². The van der Waals surface area contributed by atoms with Crippen LogP contribution < -0.4 is 10.5 Å². The monoisotopic (exact) mass is 258 g/mol. The minimum Gasteiger partial charge on any atom is -0.493 e. The van der Waals surface area contributed by atoms with Gasteiger partial charge in [-0.05, 0) is 37.0 Å². The Kier molecular flexibility index (Phi) is 3.51. The highest BCUT2D eigenvalue weighted by atomic mass is 16.5. The fraction of sp³-hybridized carbons (Fsp3) is 0.400. The summed E-state index contributed by atoms with van der Waals surface area (Å²) in [6.07, 6.45) is 5.71. The predicted molar refractivity (Wildman–Crippen MR) is 75.2 cm³/mol. The van der Waals surface area contributed by atoms with E-state index in [0.717, 1.165) is 54.9 Å². The van der Waals surface area contributed by atoms with Crippen LogP contribution in [0.25, 0.3) is 10.8 Å². The number of pyridine rings is 1. The molecule has 1 aromatic heterocycles. The molecule has 0 radical (unpaired) electrons. The van der Waals surface area contributed by atoms with Gasteiger partial charge in [0, 0.05) is 42.1 Å². The highest BCUT2D eigenvalue weighted by Crippen LogP contribution is 2.30. The zero-order valence-electron chi connectivity index (χ0n) is 10.8. The number of ether oxygens (including phenoxy) is 2. The Labute approximate surface area is 112 Å². The Morgan fingerprint density at radius 3 is 2.89 bits per heavy atom. The number of fused-ring (bicyclic) bond motifs is 1. The lowest BCUT2D eigenvalue weighted by molar-refractivity contribution is 0.0500. The summed E-state index contributed by atoms with van der Waals surface area (Å²) in [4.78, 5) is 4.15. The van der Waals surface area contributed by atoms with E-state index in [1.807, 2.05) is 24.4 Å². The summed E-state index contributed by atoms with van der Waals surface area (Å²) in [5, 5.41) is 1.98. The Hall–Kier alpha value is -1.81. The molecule has 4 heteroatoms. The fourth-order valence-electron chi connectivity index (χ4n) is 2.43. The van der Waals surface area contributed by atoms with E-state index in [1.54, 1.807) is 6.20 Å². The zero-order chi connectivity index (χ0) is 13.1. The molecule has 0 aliphatic carbocycles. The zero-order valence-corrected chi connectivity index (χ0v) is 10.8. The van der Waals surface area contributed by atoms with Gasteiger partial charge in [0.25, 0.3) is 0 Å². The number of anilines is 1. The first kappa shape index (κ1) is 12.2. The normalized spacial score (nSPS) is 16.6. The first-order valence-electron chi connectivity index (χ1n) is 6.67. The molecule has 1 aliphatic rings. The van der Waals surface area contributed by atoms with E-state index < -0.39 is 0 Å². The molecule has 100 valence electrons. The van der Waals surface area contributed by atoms with Gasteiger partial charge >= 0.3 is 0 Å². The number of benzene rings is 1. The quantitative estimate of drug-likeness (QED) is 0.860. The van der Waals surface area contributed by atoms with Crippen LogP contribution in [0.5, 0.6) is 5.75 Å². The lowest BCUT2D eigenvalue weighted by atomic mass is 10.0. The minimum absolute atomic E-state index is 0.582. The first-order valence-corrected chi connectivity index (χ1v) is 6.67. The number of hydrogen-bond donors (Lipinski definition) is 1. The van der Waals surface area contributed by atoms with Gasteiger partial charge < -0.3 is 15.2 Å². The Morgan fingerprint density at radius 1 is 1.21 bits per heavy atom. The number of hydrogen-bond acceptors (Lipinski definition) is 4. The van der Waals surface area contributed by atoms with Crippen molar-refractivity contribution in [3.05, 3.63) is 30.6 Å². The van der Waals surface area contributed by atoms with E-state index in [1.165, 1.54) is 0 Å². The number of rotatable bonds is 3. The van der Waals surface area contributed by atoms with Crippen LogP contribution >= 0.6 is 0 Å². The van der Waals surface area contributed by atoms with E-state index in [-0.39, 0.29) is 0 Å². The molecule has 4 nitrogen and oxygen atoms in total. The summed E-state index contributed by atoms with van der Waals surface area (Å²) in [5.41, 5.74) is 6.72. The van der Waals surface area contributed by atoms with Crippen LogP contribution in [-0.2, 0) is 4.74 Å². The van der Waals surface area contributed by atoms with Crippen LogP contribution in [0, 0.1) is 5.92 Å². The van der Waals surface area contributed by atoms with E-state index in [9.17, 15) is 0 Å². The van der Waals surface area contributed by atoms with Crippen molar-refractivity contribution >= 4 is 16.5 Å². The summed E-state index contributed by atoms with van der Waals surface area (Å²) in [7, 11) is 0. The Balaban J connectivity index is 1.79. The highest BCUT2D eigenvalue weighted by molar-refractivity contribution is 5.96. The largest absolute Gasteiger partial charge is 0.493 e. The molecule has 2 heterocycles. The molecule has 1 aliphatic heterocycles. The SMILES string of the molecule is Nc1ccc(OCC2CCOCC2)c2cnccc12.